The molecule has 0 aromatic rings. The molecule has 4 heteroatoms. The molecule has 0 spiro atoms. The van der Waals surface area contributed by atoms with Crippen LogP contribution in [0.5, 0.6) is 0 Å². The molecule has 0 aromatic heterocycles. The highest BCUT2D eigenvalue weighted by atomic mass is 16.5. The third kappa shape index (κ3) is 3.80. The number of hydrogen-bond acceptors (Lipinski definition) is 4. The third-order valence-electron chi connectivity index (χ3n) is 13.6. The van der Waals surface area contributed by atoms with Crippen molar-refractivity contribution in [3.05, 3.63) is 11.1 Å². The summed E-state index contributed by atoms with van der Waals surface area (Å²) in [6.07, 6.45) is 11.9. The van der Waals surface area contributed by atoms with Gasteiger partial charge in [-0.2, -0.15) is 0 Å². The SMILES string of the molecule is CC(=O)OC[C@@]12CCC(C(C)C)=C1[C@@H]1CC[C@H]3[C@]4(C)CC[C@H](OC(C)=O)C(C)(C)[C@@H]4CC[C@]3(C)[C@]1(C)CC2. The molecule has 0 unspecified atom stereocenters. The summed E-state index contributed by atoms with van der Waals surface area (Å²) in [7, 11) is 0. The van der Waals surface area contributed by atoms with Gasteiger partial charge in [-0.05, 0) is 104 Å². The molecule has 214 valence electrons. The quantitative estimate of drug-likeness (QED) is 0.273. The second-order valence-corrected chi connectivity index (χ2v) is 15.7. The minimum absolute atomic E-state index is 0.00228. The fourth-order valence-electron chi connectivity index (χ4n) is 11.6. The fourth-order valence-corrected chi connectivity index (χ4v) is 11.6. The summed E-state index contributed by atoms with van der Waals surface area (Å²) in [6.45, 7) is 21.1. The average Bonchev–Trinajstić information content (AvgIpc) is 3.20. The molecular formula is C34H54O4. The smallest absolute Gasteiger partial charge is 0.302 e. The minimum Gasteiger partial charge on any atom is -0.465 e. The Balaban J connectivity index is 1.52. The van der Waals surface area contributed by atoms with Crippen LogP contribution >= 0.6 is 0 Å². The fraction of sp³-hybridized carbons (Fsp3) is 0.882. The average molecular weight is 527 g/mol. The molecule has 4 fully saturated rings. The Morgan fingerprint density at radius 3 is 2.16 bits per heavy atom. The number of carbonyl (C=O) groups excluding carboxylic acids is 2. The van der Waals surface area contributed by atoms with E-state index in [9.17, 15) is 9.59 Å². The standard InChI is InChI=1S/C34H54O4/c1-21(2)24-12-17-34(20-37-22(3)35)19-18-32(8)25(29(24)34)10-11-27-31(7)15-14-28(38-23(4)36)30(5,6)26(31)13-16-33(27,32)9/h21,25-28H,10-20H2,1-9H3/t25-,26-,27-,28-,31+,32+,33-,34-/m0/s1. The van der Waals surface area contributed by atoms with Crippen molar-refractivity contribution in [3.63, 3.8) is 0 Å². The van der Waals surface area contributed by atoms with E-state index in [-0.39, 0.29) is 45.1 Å². The molecule has 0 N–H and O–H groups in total. The summed E-state index contributed by atoms with van der Waals surface area (Å²) in [4.78, 5) is 23.8. The van der Waals surface area contributed by atoms with E-state index in [4.69, 9.17) is 9.47 Å². The van der Waals surface area contributed by atoms with Crippen LogP contribution in [0.4, 0.5) is 0 Å². The van der Waals surface area contributed by atoms with Crippen molar-refractivity contribution in [1.29, 1.82) is 0 Å². The van der Waals surface area contributed by atoms with E-state index in [1.54, 1.807) is 25.0 Å². The Labute approximate surface area is 232 Å². The molecule has 5 rings (SSSR count). The van der Waals surface area contributed by atoms with Crippen molar-refractivity contribution in [1.82, 2.24) is 0 Å². The topological polar surface area (TPSA) is 52.6 Å². The number of fused-ring (bicyclic) bond motifs is 7. The molecule has 0 aromatic carbocycles. The number of allylic oxidation sites excluding steroid dienone is 1. The first-order chi connectivity index (χ1) is 17.6. The summed E-state index contributed by atoms with van der Waals surface area (Å²) in [5, 5.41) is 0. The van der Waals surface area contributed by atoms with Gasteiger partial charge >= 0.3 is 11.9 Å². The molecule has 8 atom stereocenters. The summed E-state index contributed by atoms with van der Waals surface area (Å²) >= 11 is 0. The first-order valence-electron chi connectivity index (χ1n) is 15.7. The zero-order chi connectivity index (χ0) is 27.9. The number of esters is 2. The molecule has 5 aliphatic carbocycles. The van der Waals surface area contributed by atoms with E-state index in [2.05, 4.69) is 48.5 Å². The van der Waals surface area contributed by atoms with E-state index in [1.165, 1.54) is 38.5 Å². The van der Waals surface area contributed by atoms with E-state index in [0.717, 1.165) is 25.7 Å². The monoisotopic (exact) mass is 526 g/mol. The molecule has 0 radical (unpaired) electrons. The maximum absolute atomic E-state index is 11.9. The Morgan fingerprint density at radius 1 is 0.816 bits per heavy atom. The van der Waals surface area contributed by atoms with Crippen LogP contribution in [0.15, 0.2) is 11.1 Å². The van der Waals surface area contributed by atoms with E-state index in [1.807, 2.05) is 0 Å². The van der Waals surface area contributed by atoms with Crippen molar-refractivity contribution in [3.8, 4) is 0 Å². The van der Waals surface area contributed by atoms with Crippen LogP contribution in [0.3, 0.4) is 0 Å². The van der Waals surface area contributed by atoms with Crippen LogP contribution in [0.1, 0.15) is 127 Å². The van der Waals surface area contributed by atoms with Gasteiger partial charge in [-0.15, -0.1) is 0 Å². The van der Waals surface area contributed by atoms with E-state index < -0.39 is 0 Å². The largest absolute Gasteiger partial charge is 0.465 e. The number of hydrogen-bond donors (Lipinski definition) is 0. The highest BCUT2D eigenvalue weighted by molar-refractivity contribution is 5.66. The van der Waals surface area contributed by atoms with Gasteiger partial charge in [0.05, 0.1) is 0 Å². The van der Waals surface area contributed by atoms with Crippen LogP contribution in [-0.4, -0.2) is 24.6 Å². The lowest BCUT2D eigenvalue weighted by molar-refractivity contribution is -0.233. The van der Waals surface area contributed by atoms with Crippen LogP contribution in [0.2, 0.25) is 0 Å². The lowest BCUT2D eigenvalue weighted by Gasteiger charge is -2.72. The summed E-state index contributed by atoms with van der Waals surface area (Å²) < 4.78 is 11.7. The van der Waals surface area contributed by atoms with E-state index in [0.29, 0.717) is 30.3 Å². The summed E-state index contributed by atoms with van der Waals surface area (Å²) in [5.74, 6) is 2.15. The molecule has 0 saturated heterocycles. The van der Waals surface area contributed by atoms with Gasteiger partial charge in [0, 0.05) is 24.7 Å². The van der Waals surface area contributed by atoms with Gasteiger partial charge in [-0.1, -0.05) is 59.6 Å². The molecule has 4 saturated carbocycles. The lowest BCUT2D eigenvalue weighted by atomic mass is 9.33. The van der Waals surface area contributed by atoms with Crippen LogP contribution in [-0.2, 0) is 19.1 Å². The van der Waals surface area contributed by atoms with Gasteiger partial charge in [-0.3, -0.25) is 9.59 Å². The van der Waals surface area contributed by atoms with Gasteiger partial charge in [0.25, 0.3) is 0 Å². The van der Waals surface area contributed by atoms with Gasteiger partial charge in [-0.25, -0.2) is 0 Å². The zero-order valence-corrected chi connectivity index (χ0v) is 25.8. The van der Waals surface area contributed by atoms with Crippen molar-refractivity contribution >= 4 is 11.9 Å². The molecule has 0 heterocycles. The third-order valence-corrected chi connectivity index (χ3v) is 13.6. The molecule has 0 bridgehead atoms. The number of ether oxygens (including phenoxy) is 2. The summed E-state index contributed by atoms with van der Waals surface area (Å²) in [5.41, 5.74) is 4.29. The molecule has 0 aliphatic heterocycles. The van der Waals surface area contributed by atoms with E-state index >= 15 is 0 Å². The van der Waals surface area contributed by atoms with Crippen molar-refractivity contribution in [2.24, 2.45) is 50.7 Å². The predicted octanol–water partition coefficient (Wildman–Crippen LogP) is 8.28. The first-order valence-corrected chi connectivity index (χ1v) is 15.7. The van der Waals surface area contributed by atoms with Crippen molar-refractivity contribution in [2.45, 2.75) is 133 Å². The van der Waals surface area contributed by atoms with Crippen molar-refractivity contribution in [2.75, 3.05) is 6.61 Å². The van der Waals surface area contributed by atoms with Gasteiger partial charge in [0.15, 0.2) is 0 Å². The number of carbonyl (C=O) groups is 2. The second kappa shape index (κ2) is 9.10. The Bertz CT molecular complexity index is 1020. The lowest BCUT2D eigenvalue weighted by Crippen LogP contribution is -2.66. The minimum atomic E-state index is -0.140. The predicted molar refractivity (Wildman–Crippen MR) is 151 cm³/mol. The summed E-state index contributed by atoms with van der Waals surface area (Å²) in [6, 6.07) is 0. The first kappa shape index (κ1) is 28.2. The van der Waals surface area contributed by atoms with Gasteiger partial charge < -0.3 is 9.47 Å². The Kier molecular flexibility index (Phi) is 6.76. The van der Waals surface area contributed by atoms with Crippen molar-refractivity contribution < 1.29 is 19.1 Å². The number of rotatable bonds is 4. The second-order valence-electron chi connectivity index (χ2n) is 15.7. The van der Waals surface area contributed by atoms with Gasteiger partial charge in [0.2, 0.25) is 0 Å². The molecule has 5 aliphatic rings. The van der Waals surface area contributed by atoms with Crippen LogP contribution in [0.25, 0.3) is 0 Å². The van der Waals surface area contributed by atoms with Crippen LogP contribution < -0.4 is 0 Å². The molecule has 38 heavy (non-hydrogen) atoms. The zero-order valence-electron chi connectivity index (χ0n) is 25.8. The molecule has 0 amide bonds. The van der Waals surface area contributed by atoms with Crippen LogP contribution in [0, 0.1) is 50.7 Å². The maximum Gasteiger partial charge on any atom is 0.302 e. The molecular weight excluding hydrogens is 472 g/mol. The normalized spacial score (nSPS) is 45.5. The molecule has 4 nitrogen and oxygen atoms in total. The Hall–Kier alpha value is -1.32. The Morgan fingerprint density at radius 2 is 1.53 bits per heavy atom. The highest BCUT2D eigenvalue weighted by Gasteiger charge is 2.69. The maximum atomic E-state index is 11.9. The highest BCUT2D eigenvalue weighted by Crippen LogP contribution is 2.76. The van der Waals surface area contributed by atoms with Gasteiger partial charge in [0.1, 0.15) is 12.7 Å².